The highest BCUT2D eigenvalue weighted by Gasteiger charge is 2.36. The van der Waals surface area contributed by atoms with Crippen molar-refractivity contribution in [3.05, 3.63) is 66.7 Å². The first-order chi connectivity index (χ1) is 20.0. The topological polar surface area (TPSA) is 59.3 Å². The quantitative estimate of drug-likeness (QED) is 0.104. The smallest absolute Gasteiger partial charge is 0.330 e. The van der Waals surface area contributed by atoms with Crippen LogP contribution in [0.25, 0.3) is 11.1 Å². The predicted octanol–water partition coefficient (Wildman–Crippen LogP) is 10.3. The Morgan fingerprint density at radius 3 is 2.32 bits per heavy atom. The van der Waals surface area contributed by atoms with Gasteiger partial charge >= 0.3 is 5.97 Å². The van der Waals surface area contributed by atoms with Crippen LogP contribution in [0.15, 0.2) is 61.2 Å². The molecule has 3 atom stereocenters. The molecule has 0 aliphatic heterocycles. The third-order valence-corrected chi connectivity index (χ3v) is 8.66. The molecule has 4 nitrogen and oxygen atoms in total. The summed E-state index contributed by atoms with van der Waals surface area (Å²) < 4.78 is 11.4. The van der Waals surface area contributed by atoms with Gasteiger partial charge in [-0.05, 0) is 79.7 Å². The molecule has 0 spiro atoms. The van der Waals surface area contributed by atoms with Gasteiger partial charge in [-0.3, -0.25) is 0 Å². The standard InChI is InChI=1S/C37H51NO3/c1-4-7-8-9-10-11-25-37(29-38)26-12-15-33(28-37)32-19-17-30(18-20-32)31-21-23-35(24-22-31)41-34(14-5-2)16-13-27-40-36(39)6-3/h6,17-24,33-34H,3-5,7-16,25-28H2,1-2H3. The van der Waals surface area contributed by atoms with Gasteiger partial charge in [0.2, 0.25) is 0 Å². The maximum absolute atomic E-state index is 11.2. The Hall–Kier alpha value is -3.06. The predicted molar refractivity (Wildman–Crippen MR) is 169 cm³/mol. The van der Waals surface area contributed by atoms with E-state index in [0.717, 1.165) is 57.1 Å². The van der Waals surface area contributed by atoms with Crippen molar-refractivity contribution in [2.75, 3.05) is 6.61 Å². The molecule has 2 aromatic carbocycles. The zero-order valence-electron chi connectivity index (χ0n) is 25.5. The molecule has 0 bridgehead atoms. The molecular formula is C37H51NO3. The van der Waals surface area contributed by atoms with Crippen molar-refractivity contribution in [1.82, 2.24) is 0 Å². The lowest BCUT2D eigenvalue weighted by Crippen LogP contribution is -2.26. The molecule has 0 heterocycles. The molecule has 3 unspecified atom stereocenters. The van der Waals surface area contributed by atoms with Gasteiger partial charge in [-0.25, -0.2) is 4.79 Å². The minimum Gasteiger partial charge on any atom is -0.490 e. The highest BCUT2D eigenvalue weighted by Crippen LogP contribution is 2.47. The number of nitrogens with zero attached hydrogens (tertiary/aromatic N) is 1. The zero-order valence-corrected chi connectivity index (χ0v) is 25.5. The van der Waals surface area contributed by atoms with Crippen molar-refractivity contribution in [2.24, 2.45) is 5.41 Å². The highest BCUT2D eigenvalue weighted by molar-refractivity contribution is 5.81. The number of nitriles is 1. The second-order valence-corrected chi connectivity index (χ2v) is 11.9. The molecule has 0 saturated heterocycles. The summed E-state index contributed by atoms with van der Waals surface area (Å²) in [5, 5.41) is 10.1. The maximum Gasteiger partial charge on any atom is 0.330 e. The van der Waals surface area contributed by atoms with Gasteiger partial charge in [-0.15, -0.1) is 0 Å². The Kier molecular flexibility index (Phi) is 14.0. The summed E-state index contributed by atoms with van der Waals surface area (Å²) >= 11 is 0. The summed E-state index contributed by atoms with van der Waals surface area (Å²) in [5.74, 6) is 0.968. The molecule has 3 rings (SSSR count). The lowest BCUT2D eigenvalue weighted by molar-refractivity contribution is -0.137. The van der Waals surface area contributed by atoms with Gasteiger partial charge in [0.1, 0.15) is 5.75 Å². The Balaban J connectivity index is 1.54. The Morgan fingerprint density at radius 1 is 0.976 bits per heavy atom. The molecule has 1 fully saturated rings. The number of carbonyl (C=O) groups excluding carboxylic acids is 1. The molecule has 1 saturated carbocycles. The zero-order chi connectivity index (χ0) is 29.3. The molecular weight excluding hydrogens is 506 g/mol. The van der Waals surface area contributed by atoms with Gasteiger partial charge in [0.25, 0.3) is 0 Å². The molecule has 0 amide bonds. The van der Waals surface area contributed by atoms with Gasteiger partial charge in [0.15, 0.2) is 0 Å². The minimum absolute atomic E-state index is 0.102. The van der Waals surface area contributed by atoms with Crippen LogP contribution < -0.4 is 4.74 Å². The van der Waals surface area contributed by atoms with Crippen LogP contribution >= 0.6 is 0 Å². The monoisotopic (exact) mass is 557 g/mol. The van der Waals surface area contributed by atoms with Crippen LogP contribution in [-0.4, -0.2) is 18.7 Å². The van der Waals surface area contributed by atoms with E-state index in [1.54, 1.807) is 0 Å². The summed E-state index contributed by atoms with van der Waals surface area (Å²) in [4.78, 5) is 11.2. The molecule has 0 aromatic heterocycles. The summed E-state index contributed by atoms with van der Waals surface area (Å²) in [6.07, 6.45) is 18.1. The van der Waals surface area contributed by atoms with Crippen molar-refractivity contribution in [3.63, 3.8) is 0 Å². The van der Waals surface area contributed by atoms with E-state index in [-0.39, 0.29) is 17.5 Å². The molecule has 2 aromatic rings. The molecule has 1 aliphatic rings. The van der Waals surface area contributed by atoms with Gasteiger partial charge in [0.05, 0.1) is 24.2 Å². The van der Waals surface area contributed by atoms with Crippen molar-refractivity contribution in [3.8, 4) is 22.9 Å². The number of rotatable bonds is 18. The van der Waals surface area contributed by atoms with Crippen LogP contribution in [0, 0.1) is 16.7 Å². The van der Waals surface area contributed by atoms with Gasteiger partial charge in [-0.1, -0.05) is 108 Å². The maximum atomic E-state index is 11.2. The minimum atomic E-state index is -0.376. The van der Waals surface area contributed by atoms with Crippen LogP contribution in [0.3, 0.4) is 0 Å². The first kappa shape index (κ1) is 32.5. The molecule has 0 radical (unpaired) electrons. The lowest BCUT2D eigenvalue weighted by atomic mass is 9.66. The highest BCUT2D eigenvalue weighted by atomic mass is 16.5. The van der Waals surface area contributed by atoms with Crippen molar-refractivity contribution >= 4 is 5.97 Å². The third-order valence-electron chi connectivity index (χ3n) is 8.66. The fraction of sp³-hybridized carbons (Fsp3) is 0.568. The van der Waals surface area contributed by atoms with E-state index in [1.165, 1.54) is 67.7 Å². The molecule has 41 heavy (non-hydrogen) atoms. The molecule has 1 aliphatic carbocycles. The van der Waals surface area contributed by atoms with Crippen molar-refractivity contribution < 1.29 is 14.3 Å². The van der Waals surface area contributed by atoms with Crippen molar-refractivity contribution in [1.29, 1.82) is 5.26 Å². The summed E-state index contributed by atoms with van der Waals surface area (Å²) in [6, 6.07) is 20.1. The van der Waals surface area contributed by atoms with Crippen LogP contribution in [0.1, 0.15) is 122 Å². The van der Waals surface area contributed by atoms with Crippen LogP contribution in [0.5, 0.6) is 5.75 Å². The first-order valence-electron chi connectivity index (χ1n) is 16.1. The number of unbranched alkanes of at least 4 members (excludes halogenated alkanes) is 5. The van der Waals surface area contributed by atoms with E-state index >= 15 is 0 Å². The average Bonchev–Trinajstić information content (AvgIpc) is 3.01. The second kappa shape index (κ2) is 17.7. The Bertz CT molecular complexity index is 1080. The fourth-order valence-electron chi connectivity index (χ4n) is 6.27. The van der Waals surface area contributed by atoms with E-state index in [4.69, 9.17) is 9.47 Å². The number of hydrogen-bond donors (Lipinski definition) is 0. The van der Waals surface area contributed by atoms with Gasteiger partial charge in [-0.2, -0.15) is 5.26 Å². The lowest BCUT2D eigenvalue weighted by Gasteiger charge is -2.36. The van der Waals surface area contributed by atoms with E-state index in [0.29, 0.717) is 12.5 Å². The van der Waals surface area contributed by atoms with Crippen LogP contribution in [-0.2, 0) is 9.53 Å². The summed E-state index contributed by atoms with van der Waals surface area (Å²) in [6.45, 7) is 8.23. The molecule has 0 N–H and O–H groups in total. The van der Waals surface area contributed by atoms with Crippen LogP contribution in [0.2, 0.25) is 0 Å². The molecule has 222 valence electrons. The number of carbonyl (C=O) groups is 1. The number of ether oxygens (including phenoxy) is 2. The van der Waals surface area contributed by atoms with Crippen molar-refractivity contribution in [2.45, 2.75) is 122 Å². The average molecular weight is 558 g/mol. The summed E-state index contributed by atoms with van der Waals surface area (Å²) in [7, 11) is 0. The Labute approximate surface area is 249 Å². The third kappa shape index (κ3) is 10.7. The largest absolute Gasteiger partial charge is 0.490 e. The molecule has 4 heteroatoms. The summed E-state index contributed by atoms with van der Waals surface area (Å²) in [5.41, 5.74) is 3.60. The second-order valence-electron chi connectivity index (χ2n) is 11.9. The Morgan fingerprint density at radius 2 is 1.66 bits per heavy atom. The van der Waals surface area contributed by atoms with E-state index in [9.17, 15) is 10.1 Å². The van der Waals surface area contributed by atoms with E-state index in [2.05, 4.69) is 62.9 Å². The van der Waals surface area contributed by atoms with E-state index in [1.807, 2.05) is 12.1 Å². The number of benzene rings is 2. The number of hydrogen-bond acceptors (Lipinski definition) is 4. The first-order valence-corrected chi connectivity index (χ1v) is 16.1. The van der Waals surface area contributed by atoms with Gasteiger partial charge < -0.3 is 9.47 Å². The van der Waals surface area contributed by atoms with Crippen LogP contribution in [0.4, 0.5) is 0 Å². The van der Waals surface area contributed by atoms with E-state index < -0.39 is 0 Å². The fourth-order valence-corrected chi connectivity index (χ4v) is 6.27. The van der Waals surface area contributed by atoms with Gasteiger partial charge in [0, 0.05) is 6.08 Å². The normalized spacial score (nSPS) is 19.2. The number of esters is 1. The SMILES string of the molecule is C=CC(=O)OCCCC(CCC)Oc1ccc(-c2ccc(C3CCCC(C#N)(CCCCCCCC)C3)cc2)cc1.